The van der Waals surface area contributed by atoms with Gasteiger partial charge in [0.25, 0.3) is 0 Å². The minimum Gasteiger partial charge on any atom is -0.0679 e. The molecule has 0 heterocycles. The molecule has 2 atom stereocenters. The summed E-state index contributed by atoms with van der Waals surface area (Å²) in [6.45, 7) is 14.5. The molecule has 31 heavy (non-hydrogen) atoms. The fourth-order valence-corrected chi connectivity index (χ4v) is 12.8. The molecule has 0 N–H and O–H groups in total. The van der Waals surface area contributed by atoms with E-state index in [1.807, 2.05) is 0 Å². The molecule has 0 fully saturated rings. The predicted molar refractivity (Wildman–Crippen MR) is 140 cm³/mol. The average Bonchev–Trinajstić information content (AvgIpc) is 3.26. The molecular formula is C30H40Si. The number of benzene rings is 2. The van der Waals surface area contributed by atoms with Gasteiger partial charge < -0.3 is 0 Å². The van der Waals surface area contributed by atoms with Crippen molar-refractivity contribution in [2.24, 2.45) is 0 Å². The summed E-state index contributed by atoms with van der Waals surface area (Å²) in [7, 11) is -1.75. The predicted octanol–water partition coefficient (Wildman–Crippen LogP) is 9.13. The zero-order valence-corrected chi connectivity index (χ0v) is 21.5. The smallest absolute Gasteiger partial charge is 0.0679 e. The monoisotopic (exact) mass is 428 g/mol. The van der Waals surface area contributed by atoms with E-state index in [2.05, 4.69) is 89.7 Å². The number of rotatable bonds is 8. The number of hydrogen-bond acceptors (Lipinski definition) is 0. The third-order valence-electron chi connectivity index (χ3n) is 8.13. The Labute approximate surface area is 191 Å². The molecule has 2 aliphatic carbocycles. The first-order chi connectivity index (χ1) is 14.9. The highest BCUT2D eigenvalue weighted by Crippen LogP contribution is 2.54. The van der Waals surface area contributed by atoms with Crippen LogP contribution in [0.25, 0.3) is 12.2 Å². The molecule has 0 saturated carbocycles. The summed E-state index contributed by atoms with van der Waals surface area (Å²) in [5.74, 6) is 0. The van der Waals surface area contributed by atoms with Gasteiger partial charge in [0.05, 0.1) is 8.07 Å². The molecule has 1 heteroatoms. The maximum Gasteiger partial charge on any atom is 0.0751 e. The van der Waals surface area contributed by atoms with Crippen LogP contribution in [0.3, 0.4) is 0 Å². The molecule has 2 unspecified atom stereocenters. The van der Waals surface area contributed by atoms with Crippen molar-refractivity contribution in [2.45, 2.75) is 90.4 Å². The first kappa shape index (κ1) is 22.3. The van der Waals surface area contributed by atoms with Crippen molar-refractivity contribution in [3.05, 3.63) is 80.9 Å². The van der Waals surface area contributed by atoms with Crippen LogP contribution in [-0.4, -0.2) is 8.07 Å². The van der Waals surface area contributed by atoms with Crippen LogP contribution in [-0.2, 0) is 0 Å². The van der Waals surface area contributed by atoms with Gasteiger partial charge in [0.2, 0.25) is 0 Å². The molecule has 0 amide bonds. The highest BCUT2D eigenvalue weighted by Gasteiger charge is 2.49. The SMILES string of the molecule is CCCCCCC[Si](C)(C1C(C)=Cc2c(C)cccc21)C1C(C)=Cc2c(C)cccc21. The quantitative estimate of drug-likeness (QED) is 0.290. The number of allylic oxidation sites excluding steroid dienone is 2. The fourth-order valence-electron chi connectivity index (χ4n) is 6.73. The molecule has 164 valence electrons. The summed E-state index contributed by atoms with van der Waals surface area (Å²) in [6, 6.07) is 15.4. The largest absolute Gasteiger partial charge is 0.0751 e. The van der Waals surface area contributed by atoms with Crippen molar-refractivity contribution in [3.8, 4) is 0 Å². The second-order valence-electron chi connectivity index (χ2n) is 10.5. The molecule has 0 aliphatic heterocycles. The standard InChI is InChI=1S/C30H40Si/c1-7-8-9-10-11-18-31(6,29-23(4)19-27-21(2)14-12-16-25(27)29)30-24(5)20-28-22(3)15-13-17-26(28)30/h12-17,19-20,29-30H,7-11,18H2,1-6H3. The van der Waals surface area contributed by atoms with E-state index >= 15 is 0 Å². The van der Waals surface area contributed by atoms with Crippen LogP contribution in [0.1, 0.15) is 97.3 Å². The molecule has 0 nitrogen and oxygen atoms in total. The minimum absolute atomic E-state index is 0.633. The Morgan fingerprint density at radius 1 is 0.677 bits per heavy atom. The Balaban J connectivity index is 1.78. The molecule has 0 saturated heterocycles. The number of fused-ring (bicyclic) bond motifs is 2. The normalized spacial score (nSPS) is 21.4. The third kappa shape index (κ3) is 3.91. The first-order valence-corrected chi connectivity index (χ1v) is 15.3. The van der Waals surface area contributed by atoms with Gasteiger partial charge in [-0.2, -0.15) is 0 Å². The van der Waals surface area contributed by atoms with Crippen molar-refractivity contribution in [1.29, 1.82) is 0 Å². The van der Waals surface area contributed by atoms with E-state index in [0.29, 0.717) is 11.1 Å². The van der Waals surface area contributed by atoms with E-state index in [-0.39, 0.29) is 0 Å². The van der Waals surface area contributed by atoms with Crippen LogP contribution in [0.4, 0.5) is 0 Å². The van der Waals surface area contributed by atoms with E-state index in [9.17, 15) is 0 Å². The van der Waals surface area contributed by atoms with Crippen molar-refractivity contribution in [3.63, 3.8) is 0 Å². The van der Waals surface area contributed by atoms with Crippen molar-refractivity contribution in [1.82, 2.24) is 0 Å². The molecule has 0 spiro atoms. The van der Waals surface area contributed by atoms with Crippen LogP contribution >= 0.6 is 0 Å². The maximum atomic E-state index is 2.74. The Hall–Kier alpha value is -1.86. The van der Waals surface area contributed by atoms with Gasteiger partial charge in [-0.3, -0.25) is 0 Å². The number of aryl methyl sites for hydroxylation is 2. The lowest BCUT2D eigenvalue weighted by Crippen LogP contribution is -2.45. The zero-order valence-electron chi connectivity index (χ0n) is 20.5. The molecule has 4 rings (SSSR count). The van der Waals surface area contributed by atoms with Crippen molar-refractivity contribution < 1.29 is 0 Å². The third-order valence-corrected chi connectivity index (χ3v) is 13.7. The van der Waals surface area contributed by atoms with Gasteiger partial charge in [0, 0.05) is 11.1 Å². The summed E-state index contributed by atoms with van der Waals surface area (Å²) in [5.41, 5.74) is 13.6. The van der Waals surface area contributed by atoms with Gasteiger partial charge in [-0.05, 0) is 61.1 Å². The first-order valence-electron chi connectivity index (χ1n) is 12.4. The summed E-state index contributed by atoms with van der Waals surface area (Å²) < 4.78 is 0. The van der Waals surface area contributed by atoms with E-state index < -0.39 is 8.07 Å². The lowest BCUT2D eigenvalue weighted by atomic mass is 10.0. The van der Waals surface area contributed by atoms with Crippen LogP contribution in [0.5, 0.6) is 0 Å². The fraction of sp³-hybridized carbons (Fsp3) is 0.467. The Kier molecular flexibility index (Phi) is 6.44. The van der Waals surface area contributed by atoms with Gasteiger partial charge in [0.1, 0.15) is 0 Å². The summed E-state index contributed by atoms with van der Waals surface area (Å²) in [4.78, 5) is 0. The van der Waals surface area contributed by atoms with Crippen molar-refractivity contribution >= 4 is 20.2 Å². The lowest BCUT2D eigenvalue weighted by Gasteiger charge is -2.42. The number of unbranched alkanes of at least 4 members (excludes halogenated alkanes) is 4. The molecule has 0 bridgehead atoms. The van der Waals surface area contributed by atoms with E-state index in [0.717, 1.165) is 0 Å². The average molecular weight is 429 g/mol. The minimum atomic E-state index is -1.75. The van der Waals surface area contributed by atoms with E-state index in [1.165, 1.54) is 60.4 Å². The van der Waals surface area contributed by atoms with E-state index in [1.54, 1.807) is 22.3 Å². The summed E-state index contributed by atoms with van der Waals surface area (Å²) in [6.07, 6.45) is 11.9. The van der Waals surface area contributed by atoms with Gasteiger partial charge in [0.15, 0.2) is 0 Å². The molecular weight excluding hydrogens is 388 g/mol. The number of hydrogen-bond donors (Lipinski definition) is 0. The van der Waals surface area contributed by atoms with Crippen molar-refractivity contribution in [2.75, 3.05) is 0 Å². The zero-order chi connectivity index (χ0) is 22.2. The molecule has 2 aromatic carbocycles. The van der Waals surface area contributed by atoms with Gasteiger partial charge in [-0.1, -0.05) is 111 Å². The van der Waals surface area contributed by atoms with Gasteiger partial charge in [-0.15, -0.1) is 0 Å². The van der Waals surface area contributed by atoms with E-state index in [4.69, 9.17) is 0 Å². The second kappa shape index (κ2) is 8.94. The molecule has 2 aromatic rings. The van der Waals surface area contributed by atoms with Crippen LogP contribution < -0.4 is 0 Å². The Morgan fingerprint density at radius 3 is 1.65 bits per heavy atom. The molecule has 0 radical (unpaired) electrons. The molecule has 2 aliphatic rings. The maximum absolute atomic E-state index is 2.74. The highest BCUT2D eigenvalue weighted by atomic mass is 28.3. The molecule has 0 aromatic heterocycles. The van der Waals surface area contributed by atoms with Crippen LogP contribution in [0.15, 0.2) is 47.5 Å². The van der Waals surface area contributed by atoms with Crippen LogP contribution in [0, 0.1) is 13.8 Å². The second-order valence-corrected chi connectivity index (χ2v) is 15.1. The Bertz CT molecular complexity index is 949. The summed E-state index contributed by atoms with van der Waals surface area (Å²) >= 11 is 0. The van der Waals surface area contributed by atoms with Crippen LogP contribution in [0.2, 0.25) is 12.6 Å². The van der Waals surface area contributed by atoms with Gasteiger partial charge >= 0.3 is 0 Å². The highest BCUT2D eigenvalue weighted by molar-refractivity contribution is 6.83. The van der Waals surface area contributed by atoms with Gasteiger partial charge in [-0.25, -0.2) is 0 Å². The Morgan fingerprint density at radius 2 is 1.16 bits per heavy atom. The topological polar surface area (TPSA) is 0 Å². The lowest BCUT2D eigenvalue weighted by molar-refractivity contribution is 0.649. The summed E-state index contributed by atoms with van der Waals surface area (Å²) in [5, 5.41) is 0.